The summed E-state index contributed by atoms with van der Waals surface area (Å²) in [6.07, 6.45) is 5.15. The molecule has 5 aromatic rings. The average molecular weight is 681 g/mol. The fourth-order valence-corrected chi connectivity index (χ4v) is 5.80. The molecule has 3 amide bonds. The number of nitrogens with one attached hydrogen (secondary N) is 2. The SMILES string of the molecule is CNC(=O)c1ccc(-c2cccc3c2CCN(C(=O)C=Cc2c(-n4cnnn4)ccc(Cl)c2F)C3C(=O)Nc2ccc(C(=O)O)cn2)cc1. The third-order valence-electron chi connectivity index (χ3n) is 8.00. The highest BCUT2D eigenvalue weighted by Crippen LogP contribution is 2.37. The minimum absolute atomic E-state index is 0.0447. The van der Waals surface area contributed by atoms with Crippen LogP contribution in [0.1, 0.15) is 43.4 Å². The number of aromatic nitrogens is 5. The van der Waals surface area contributed by atoms with Crippen molar-refractivity contribution < 1.29 is 28.7 Å². The van der Waals surface area contributed by atoms with Crippen molar-refractivity contribution in [2.24, 2.45) is 0 Å². The molecular formula is C34H26ClFN8O5. The average Bonchev–Trinajstić information content (AvgIpc) is 3.66. The maximum Gasteiger partial charge on any atom is 0.337 e. The number of hydrogen-bond donors (Lipinski definition) is 3. The van der Waals surface area contributed by atoms with Gasteiger partial charge in [-0.15, -0.1) is 5.10 Å². The van der Waals surface area contributed by atoms with Crippen LogP contribution in [0, 0.1) is 5.82 Å². The standard InChI is InChI=1S/C34H26ClFN8O5/c1-37-32(46)20-7-5-19(6-8-20)22-3-2-4-24-23(22)15-16-43(31(24)33(47)40-28-13-9-21(17-38-28)34(48)49)29(45)14-10-25-27(44-18-39-41-42-44)12-11-26(35)30(25)36/h2-14,17-18,31H,15-16H2,1H3,(H,37,46)(H,48,49)(H,38,40,47). The van der Waals surface area contributed by atoms with E-state index in [1.807, 2.05) is 18.2 Å². The van der Waals surface area contributed by atoms with E-state index in [1.165, 1.54) is 46.3 Å². The summed E-state index contributed by atoms with van der Waals surface area (Å²) in [6, 6.07) is 16.8. The molecule has 0 saturated carbocycles. The van der Waals surface area contributed by atoms with Crippen LogP contribution in [0.2, 0.25) is 5.02 Å². The van der Waals surface area contributed by atoms with E-state index in [0.29, 0.717) is 17.5 Å². The van der Waals surface area contributed by atoms with E-state index in [9.17, 15) is 24.3 Å². The van der Waals surface area contributed by atoms with Gasteiger partial charge in [-0.3, -0.25) is 14.4 Å². The van der Waals surface area contributed by atoms with E-state index in [0.717, 1.165) is 29.0 Å². The summed E-state index contributed by atoms with van der Waals surface area (Å²) in [5, 5.41) is 25.3. The normalized spacial score (nSPS) is 13.9. The summed E-state index contributed by atoms with van der Waals surface area (Å²) in [6.45, 7) is 0.116. The number of benzene rings is 3. The summed E-state index contributed by atoms with van der Waals surface area (Å²) in [5.74, 6) is -3.31. The van der Waals surface area contributed by atoms with Gasteiger partial charge in [-0.1, -0.05) is 41.9 Å². The van der Waals surface area contributed by atoms with Gasteiger partial charge in [-0.25, -0.2) is 14.2 Å². The van der Waals surface area contributed by atoms with E-state index in [1.54, 1.807) is 31.3 Å². The Bertz CT molecular complexity index is 2100. The fourth-order valence-electron chi connectivity index (χ4n) is 5.63. The summed E-state index contributed by atoms with van der Waals surface area (Å²) < 4.78 is 16.5. The second kappa shape index (κ2) is 13.8. The Hall–Kier alpha value is -6.28. The van der Waals surface area contributed by atoms with Crippen molar-refractivity contribution in [3.8, 4) is 16.8 Å². The number of pyridine rings is 1. The molecule has 3 aromatic carbocycles. The lowest BCUT2D eigenvalue weighted by Gasteiger charge is -2.36. The van der Waals surface area contributed by atoms with Crippen molar-refractivity contribution >= 4 is 47.2 Å². The zero-order valence-corrected chi connectivity index (χ0v) is 26.4. The lowest BCUT2D eigenvalue weighted by molar-refractivity contribution is -0.135. The summed E-state index contributed by atoms with van der Waals surface area (Å²) in [4.78, 5) is 56.7. The topological polar surface area (TPSA) is 172 Å². The number of carboxylic acid groups (broad SMARTS) is 1. The number of carbonyl (C=O) groups is 4. The van der Waals surface area contributed by atoms with Gasteiger partial charge < -0.3 is 20.6 Å². The molecule has 3 N–H and O–H groups in total. The Balaban J connectivity index is 1.38. The molecule has 246 valence electrons. The highest BCUT2D eigenvalue weighted by atomic mass is 35.5. The third-order valence-corrected chi connectivity index (χ3v) is 8.29. The van der Waals surface area contributed by atoms with Gasteiger partial charge in [0.25, 0.3) is 11.8 Å². The molecule has 0 saturated heterocycles. The molecule has 1 atom stereocenters. The number of fused-ring (bicyclic) bond motifs is 1. The van der Waals surface area contributed by atoms with Crippen LogP contribution in [0.3, 0.4) is 0 Å². The molecule has 0 radical (unpaired) electrons. The van der Waals surface area contributed by atoms with E-state index in [4.69, 9.17) is 11.6 Å². The Morgan fingerprint density at radius 2 is 1.80 bits per heavy atom. The van der Waals surface area contributed by atoms with Gasteiger partial charge in [-0.05, 0) is 81.6 Å². The Morgan fingerprint density at radius 3 is 2.47 bits per heavy atom. The van der Waals surface area contributed by atoms with E-state index < -0.39 is 29.6 Å². The van der Waals surface area contributed by atoms with Crippen LogP contribution < -0.4 is 10.6 Å². The fraction of sp³-hybridized carbons (Fsp3) is 0.118. The third kappa shape index (κ3) is 6.62. The highest BCUT2D eigenvalue weighted by Gasteiger charge is 2.36. The first-order chi connectivity index (χ1) is 23.7. The maximum absolute atomic E-state index is 15.2. The van der Waals surface area contributed by atoms with Crippen molar-refractivity contribution in [2.45, 2.75) is 12.5 Å². The molecule has 1 unspecified atom stereocenters. The maximum atomic E-state index is 15.2. The van der Waals surface area contributed by atoms with E-state index >= 15 is 4.39 Å². The lowest BCUT2D eigenvalue weighted by atomic mass is 9.86. The monoisotopic (exact) mass is 680 g/mol. The van der Waals surface area contributed by atoms with Crippen LogP contribution >= 0.6 is 11.6 Å². The number of hydrogen-bond acceptors (Lipinski definition) is 8. The van der Waals surface area contributed by atoms with Crippen LogP contribution in [0.25, 0.3) is 22.9 Å². The van der Waals surface area contributed by atoms with Gasteiger partial charge in [0.1, 0.15) is 18.2 Å². The first-order valence-electron chi connectivity index (χ1n) is 14.8. The predicted octanol–water partition coefficient (Wildman–Crippen LogP) is 4.35. The summed E-state index contributed by atoms with van der Waals surface area (Å²) >= 11 is 6.06. The largest absolute Gasteiger partial charge is 0.478 e. The van der Waals surface area contributed by atoms with Crippen molar-refractivity contribution in [3.63, 3.8) is 0 Å². The molecule has 6 rings (SSSR count). The molecule has 0 spiro atoms. The molecule has 13 nitrogen and oxygen atoms in total. The van der Waals surface area contributed by atoms with Crippen LogP contribution in [0.15, 0.2) is 85.3 Å². The van der Waals surface area contributed by atoms with E-state index in [-0.39, 0.29) is 40.1 Å². The quantitative estimate of drug-likeness (QED) is 0.201. The number of amides is 3. The van der Waals surface area contributed by atoms with Crippen LogP contribution in [-0.4, -0.2) is 72.5 Å². The van der Waals surface area contributed by atoms with Crippen molar-refractivity contribution in [2.75, 3.05) is 18.9 Å². The molecule has 0 aliphatic carbocycles. The Labute approximate surface area is 283 Å². The molecule has 2 aromatic heterocycles. The number of anilines is 1. The summed E-state index contributed by atoms with van der Waals surface area (Å²) in [7, 11) is 1.55. The van der Waals surface area contributed by atoms with Gasteiger partial charge >= 0.3 is 5.97 Å². The number of aromatic carboxylic acids is 1. The number of tetrazole rings is 1. The van der Waals surface area contributed by atoms with Gasteiger partial charge in [0.2, 0.25) is 5.91 Å². The van der Waals surface area contributed by atoms with Gasteiger partial charge in [0, 0.05) is 37.0 Å². The molecule has 1 aliphatic rings. The zero-order valence-electron chi connectivity index (χ0n) is 25.7. The lowest BCUT2D eigenvalue weighted by Crippen LogP contribution is -2.45. The molecule has 3 heterocycles. The smallest absolute Gasteiger partial charge is 0.337 e. The minimum atomic E-state index is -1.18. The van der Waals surface area contributed by atoms with Crippen LogP contribution in [-0.2, 0) is 16.0 Å². The summed E-state index contributed by atoms with van der Waals surface area (Å²) in [5.41, 5.74) is 3.59. The van der Waals surface area contributed by atoms with Crippen molar-refractivity contribution in [1.82, 2.24) is 35.4 Å². The second-order valence-electron chi connectivity index (χ2n) is 10.8. The Kier molecular flexibility index (Phi) is 9.22. The first kappa shape index (κ1) is 32.7. The molecule has 1 aliphatic heterocycles. The number of carboxylic acids is 1. The highest BCUT2D eigenvalue weighted by molar-refractivity contribution is 6.31. The first-order valence-corrected chi connectivity index (χ1v) is 15.2. The number of nitrogens with zero attached hydrogens (tertiary/aromatic N) is 6. The Morgan fingerprint density at radius 1 is 1.02 bits per heavy atom. The number of carbonyl (C=O) groups excluding carboxylic acids is 3. The van der Waals surface area contributed by atoms with Gasteiger partial charge in [0.05, 0.1) is 16.3 Å². The van der Waals surface area contributed by atoms with Crippen molar-refractivity contribution in [1.29, 1.82) is 0 Å². The number of rotatable bonds is 8. The van der Waals surface area contributed by atoms with Gasteiger partial charge in [-0.2, -0.15) is 4.68 Å². The van der Waals surface area contributed by atoms with Gasteiger partial charge in [0.15, 0.2) is 5.82 Å². The molecule has 0 bridgehead atoms. The zero-order chi connectivity index (χ0) is 34.7. The van der Waals surface area contributed by atoms with Crippen LogP contribution in [0.5, 0.6) is 0 Å². The molecule has 49 heavy (non-hydrogen) atoms. The second-order valence-corrected chi connectivity index (χ2v) is 11.2. The minimum Gasteiger partial charge on any atom is -0.478 e. The van der Waals surface area contributed by atoms with Crippen LogP contribution in [0.4, 0.5) is 10.2 Å². The predicted molar refractivity (Wildman–Crippen MR) is 176 cm³/mol. The number of halogens is 2. The molecule has 0 fully saturated rings. The van der Waals surface area contributed by atoms with Crippen molar-refractivity contribution in [3.05, 3.63) is 124 Å². The molecule has 15 heteroatoms. The molecular weight excluding hydrogens is 655 g/mol. The van der Waals surface area contributed by atoms with E-state index in [2.05, 4.69) is 31.1 Å².